The molecule has 1 atom stereocenters. The Morgan fingerprint density at radius 1 is 1.43 bits per heavy atom. The minimum atomic E-state index is -4.94. The van der Waals surface area contributed by atoms with Gasteiger partial charge in [0.25, 0.3) is 0 Å². The third-order valence-electron chi connectivity index (χ3n) is 2.04. The van der Waals surface area contributed by atoms with E-state index in [4.69, 9.17) is 5.73 Å². The average Bonchev–Trinajstić information content (AvgIpc) is 1.98. The predicted octanol–water partition coefficient (Wildman–Crippen LogP) is 1.47. The molecule has 0 radical (unpaired) electrons. The molecule has 0 rings (SSSR count). The van der Waals surface area contributed by atoms with E-state index in [0.29, 0.717) is 0 Å². The summed E-state index contributed by atoms with van der Waals surface area (Å²) in [6.45, 7) is 4.55. The van der Waals surface area contributed by atoms with E-state index in [1.165, 1.54) is 0 Å². The maximum atomic E-state index is 11.7. The van der Waals surface area contributed by atoms with Crippen LogP contribution in [0.25, 0.3) is 0 Å². The van der Waals surface area contributed by atoms with Gasteiger partial charge in [0.2, 0.25) is 0 Å². The van der Waals surface area contributed by atoms with E-state index in [1.54, 1.807) is 20.8 Å². The predicted molar refractivity (Wildman–Crippen MR) is 44.4 cm³/mol. The molecule has 0 saturated carbocycles. The van der Waals surface area contributed by atoms with Gasteiger partial charge < -0.3 is 10.5 Å². The Hall–Kier alpha value is -0.780. The molecule has 0 aliphatic rings. The van der Waals surface area contributed by atoms with Crippen LogP contribution >= 0.6 is 0 Å². The van der Waals surface area contributed by atoms with Gasteiger partial charge in [0, 0.05) is 11.5 Å². The molecule has 0 saturated heterocycles. The Morgan fingerprint density at radius 2 is 1.86 bits per heavy atom. The maximum Gasteiger partial charge on any atom is 0.490 e. The van der Waals surface area contributed by atoms with Crippen molar-refractivity contribution in [3.63, 3.8) is 0 Å². The molecule has 3 nitrogen and oxygen atoms in total. The van der Waals surface area contributed by atoms with E-state index in [2.05, 4.69) is 4.74 Å². The van der Waals surface area contributed by atoms with Crippen LogP contribution in [0.1, 0.15) is 20.8 Å². The van der Waals surface area contributed by atoms with E-state index >= 15 is 0 Å². The molecule has 0 aromatic heterocycles. The van der Waals surface area contributed by atoms with Crippen LogP contribution in [0.15, 0.2) is 0 Å². The summed E-state index contributed by atoms with van der Waals surface area (Å²) in [6.07, 6.45) is -4.94. The molecule has 6 heteroatoms. The molecular formula is C8H14F3NO2. The van der Waals surface area contributed by atoms with Gasteiger partial charge in [0.15, 0.2) is 0 Å². The van der Waals surface area contributed by atoms with Crippen molar-refractivity contribution >= 4 is 5.97 Å². The lowest BCUT2D eigenvalue weighted by atomic mass is 9.87. The second kappa shape index (κ2) is 4.16. The SMILES string of the molecule is C[C@H](N)C(C)(C)COC(=O)C(F)(F)F. The highest BCUT2D eigenvalue weighted by Gasteiger charge is 2.42. The van der Waals surface area contributed by atoms with Crippen molar-refractivity contribution in [1.29, 1.82) is 0 Å². The lowest BCUT2D eigenvalue weighted by molar-refractivity contribution is -0.202. The summed E-state index contributed by atoms with van der Waals surface area (Å²) in [4.78, 5) is 10.3. The summed E-state index contributed by atoms with van der Waals surface area (Å²) in [6, 6.07) is -0.358. The molecule has 0 amide bonds. The standard InChI is InChI=1S/C8H14F3NO2/c1-5(12)7(2,3)4-14-6(13)8(9,10)11/h5H,4,12H2,1-3H3/t5-/m0/s1. The third-order valence-corrected chi connectivity index (χ3v) is 2.04. The number of hydrogen-bond acceptors (Lipinski definition) is 3. The van der Waals surface area contributed by atoms with Crippen LogP contribution in [0.2, 0.25) is 0 Å². The third kappa shape index (κ3) is 3.95. The summed E-state index contributed by atoms with van der Waals surface area (Å²) in [5.41, 5.74) is 4.83. The van der Waals surface area contributed by atoms with Crippen molar-refractivity contribution in [2.24, 2.45) is 11.1 Å². The fourth-order valence-electron chi connectivity index (χ4n) is 0.465. The fourth-order valence-corrected chi connectivity index (χ4v) is 0.465. The van der Waals surface area contributed by atoms with Gasteiger partial charge in [-0.15, -0.1) is 0 Å². The molecule has 0 spiro atoms. The quantitative estimate of drug-likeness (QED) is 0.722. The molecule has 0 aromatic rings. The lowest BCUT2D eigenvalue weighted by Gasteiger charge is -2.28. The Labute approximate surface area is 80.4 Å². The van der Waals surface area contributed by atoms with Gasteiger partial charge in [-0.2, -0.15) is 13.2 Å². The van der Waals surface area contributed by atoms with E-state index in [-0.39, 0.29) is 12.6 Å². The number of alkyl halides is 3. The van der Waals surface area contributed by atoms with Gasteiger partial charge in [-0.25, -0.2) is 4.79 Å². The van der Waals surface area contributed by atoms with Gasteiger partial charge in [-0.3, -0.25) is 0 Å². The van der Waals surface area contributed by atoms with Crippen LogP contribution in [0.5, 0.6) is 0 Å². The van der Waals surface area contributed by atoms with Crippen LogP contribution in [0.4, 0.5) is 13.2 Å². The Bertz CT molecular complexity index is 211. The highest BCUT2D eigenvalue weighted by atomic mass is 19.4. The normalized spacial score (nSPS) is 15.1. The minimum absolute atomic E-state index is 0.344. The van der Waals surface area contributed by atoms with Crippen molar-refractivity contribution in [1.82, 2.24) is 0 Å². The number of carbonyl (C=O) groups is 1. The lowest BCUT2D eigenvalue weighted by Crippen LogP contribution is -2.40. The second-order valence-corrected chi connectivity index (χ2v) is 3.85. The van der Waals surface area contributed by atoms with Crippen molar-refractivity contribution in [2.75, 3.05) is 6.61 Å². The number of hydrogen-bond donors (Lipinski definition) is 1. The van der Waals surface area contributed by atoms with E-state index < -0.39 is 17.6 Å². The first-order valence-electron chi connectivity index (χ1n) is 4.07. The number of ether oxygens (including phenoxy) is 1. The smallest absolute Gasteiger partial charge is 0.458 e. The topological polar surface area (TPSA) is 52.3 Å². The summed E-state index contributed by atoms with van der Waals surface area (Å²) in [5, 5.41) is 0. The van der Waals surface area contributed by atoms with Crippen LogP contribution < -0.4 is 5.73 Å². The summed E-state index contributed by atoms with van der Waals surface area (Å²) in [7, 11) is 0. The summed E-state index contributed by atoms with van der Waals surface area (Å²) < 4.78 is 39.2. The number of esters is 1. The van der Waals surface area contributed by atoms with Gasteiger partial charge in [0.05, 0.1) is 6.61 Å². The number of nitrogens with two attached hydrogens (primary N) is 1. The first-order valence-corrected chi connectivity index (χ1v) is 4.07. The Balaban J connectivity index is 4.14. The molecular weight excluding hydrogens is 199 g/mol. The maximum absolute atomic E-state index is 11.7. The summed E-state index contributed by atoms with van der Waals surface area (Å²) >= 11 is 0. The summed E-state index contributed by atoms with van der Waals surface area (Å²) in [5.74, 6) is -2.17. The van der Waals surface area contributed by atoms with Crippen molar-refractivity contribution in [3.8, 4) is 0 Å². The zero-order valence-corrected chi connectivity index (χ0v) is 8.31. The molecule has 0 aromatic carbocycles. The molecule has 0 aliphatic heterocycles. The zero-order valence-electron chi connectivity index (χ0n) is 8.31. The molecule has 14 heavy (non-hydrogen) atoms. The Morgan fingerprint density at radius 3 is 2.14 bits per heavy atom. The van der Waals surface area contributed by atoms with Crippen LogP contribution in [0.3, 0.4) is 0 Å². The number of halogens is 3. The first-order chi connectivity index (χ1) is 6.07. The molecule has 0 unspecified atom stereocenters. The molecule has 2 N–H and O–H groups in total. The van der Waals surface area contributed by atoms with Crippen molar-refractivity contribution in [2.45, 2.75) is 33.0 Å². The highest BCUT2D eigenvalue weighted by Crippen LogP contribution is 2.22. The monoisotopic (exact) mass is 213 g/mol. The number of rotatable bonds is 3. The van der Waals surface area contributed by atoms with Crippen LogP contribution in [-0.4, -0.2) is 24.8 Å². The van der Waals surface area contributed by atoms with E-state index in [1.807, 2.05) is 0 Å². The minimum Gasteiger partial charge on any atom is -0.458 e. The average molecular weight is 213 g/mol. The van der Waals surface area contributed by atoms with Gasteiger partial charge >= 0.3 is 12.1 Å². The van der Waals surface area contributed by atoms with E-state index in [9.17, 15) is 18.0 Å². The molecule has 0 aliphatic carbocycles. The highest BCUT2D eigenvalue weighted by molar-refractivity contribution is 5.75. The Kier molecular flexibility index (Phi) is 3.93. The molecule has 0 bridgehead atoms. The second-order valence-electron chi connectivity index (χ2n) is 3.85. The largest absolute Gasteiger partial charge is 0.490 e. The van der Waals surface area contributed by atoms with E-state index in [0.717, 1.165) is 0 Å². The molecule has 0 heterocycles. The van der Waals surface area contributed by atoms with Crippen LogP contribution in [0, 0.1) is 5.41 Å². The number of carbonyl (C=O) groups excluding carboxylic acids is 1. The fraction of sp³-hybridized carbons (Fsp3) is 0.875. The zero-order chi connectivity index (χ0) is 11.6. The molecule has 0 fully saturated rings. The molecule has 84 valence electrons. The van der Waals surface area contributed by atoms with Gasteiger partial charge in [0.1, 0.15) is 0 Å². The van der Waals surface area contributed by atoms with Gasteiger partial charge in [-0.1, -0.05) is 13.8 Å². The van der Waals surface area contributed by atoms with Crippen molar-refractivity contribution < 1.29 is 22.7 Å². The van der Waals surface area contributed by atoms with Gasteiger partial charge in [-0.05, 0) is 6.92 Å². The van der Waals surface area contributed by atoms with Crippen LogP contribution in [-0.2, 0) is 9.53 Å². The first kappa shape index (κ1) is 13.2. The van der Waals surface area contributed by atoms with Crippen molar-refractivity contribution in [3.05, 3.63) is 0 Å².